The van der Waals surface area contributed by atoms with Crippen LogP contribution in [0.5, 0.6) is 0 Å². The number of carbonyl (C=O) groups excluding carboxylic acids is 4. The summed E-state index contributed by atoms with van der Waals surface area (Å²) in [5.74, 6) is -5.96. The van der Waals surface area contributed by atoms with Crippen LogP contribution >= 0.6 is 0 Å². The highest BCUT2D eigenvalue weighted by Gasteiger charge is 2.48. The van der Waals surface area contributed by atoms with E-state index in [-0.39, 0.29) is 18.5 Å². The minimum atomic E-state index is -3.11. The standard InChI is InChI=1S/C26H40F2N4O6/c1-25(2,3)20(31-24(37)38)23(36)32-13-15(14-6-5-7-14)12-18(32)21(34)30-17(10-11-26(4,27)28)19(33)22(35)29-16-8-9-16/h14-18,20,31H,5-13H2,1-4H3,(H,29,35)(H,30,34)(H,37,38)/t15?,17-,18-,20+/m0/s1. The Morgan fingerprint density at radius 2 is 1.61 bits per heavy atom. The van der Waals surface area contributed by atoms with Crippen molar-refractivity contribution >= 4 is 29.6 Å². The first-order chi connectivity index (χ1) is 17.6. The van der Waals surface area contributed by atoms with Gasteiger partial charge in [0.1, 0.15) is 12.1 Å². The second-order valence-electron chi connectivity index (χ2n) is 12.2. The maximum Gasteiger partial charge on any atom is 0.405 e. The Morgan fingerprint density at radius 3 is 2.08 bits per heavy atom. The van der Waals surface area contributed by atoms with Gasteiger partial charge in [-0.3, -0.25) is 19.2 Å². The molecule has 0 bridgehead atoms. The van der Waals surface area contributed by atoms with Crippen LogP contribution in [-0.2, 0) is 19.2 Å². The van der Waals surface area contributed by atoms with Crippen LogP contribution < -0.4 is 16.0 Å². The summed E-state index contributed by atoms with van der Waals surface area (Å²) in [6.07, 6.45) is 2.21. The quantitative estimate of drug-likeness (QED) is 0.295. The molecule has 0 aromatic heterocycles. The molecule has 2 saturated carbocycles. The number of halogens is 2. The number of nitrogens with zero attached hydrogens (tertiary/aromatic N) is 1. The highest BCUT2D eigenvalue weighted by Crippen LogP contribution is 2.41. The Bertz CT molecular complexity index is 939. The first kappa shape index (κ1) is 29.8. The second-order valence-corrected chi connectivity index (χ2v) is 12.2. The van der Waals surface area contributed by atoms with Gasteiger partial charge in [0.15, 0.2) is 0 Å². The van der Waals surface area contributed by atoms with Crippen LogP contribution in [0.3, 0.4) is 0 Å². The molecular weight excluding hydrogens is 502 g/mol. The zero-order chi connectivity index (χ0) is 28.4. The van der Waals surface area contributed by atoms with Crippen molar-refractivity contribution in [2.75, 3.05) is 6.54 Å². The molecule has 2 aliphatic carbocycles. The van der Waals surface area contributed by atoms with E-state index in [0.717, 1.165) is 32.1 Å². The Hall–Kier alpha value is -2.79. The number of likely N-dealkylation sites (tertiary alicyclic amines) is 1. The topological polar surface area (TPSA) is 145 Å². The number of carboxylic acid groups (broad SMARTS) is 1. The molecule has 4 atom stereocenters. The number of alkyl halides is 2. The Labute approximate surface area is 221 Å². The van der Waals surface area contributed by atoms with Crippen molar-refractivity contribution in [3.05, 3.63) is 0 Å². The molecule has 4 N–H and O–H groups in total. The number of Topliss-reactive ketones (excluding diaryl/α,β-unsaturated/α-hetero) is 1. The molecule has 0 aromatic carbocycles. The van der Waals surface area contributed by atoms with Crippen LogP contribution in [-0.4, -0.2) is 76.2 Å². The lowest BCUT2D eigenvalue weighted by atomic mass is 9.75. The minimum Gasteiger partial charge on any atom is -0.465 e. The fourth-order valence-electron chi connectivity index (χ4n) is 5.13. The van der Waals surface area contributed by atoms with Gasteiger partial charge in [0, 0.05) is 19.0 Å². The third-order valence-corrected chi connectivity index (χ3v) is 7.76. The SMILES string of the molecule is CC(F)(F)CC[C@H](NC(=O)[C@@H]1CC(C2CCC2)CN1C(=O)[C@@H](NC(=O)O)C(C)(C)C)C(=O)C(=O)NC1CC1. The highest BCUT2D eigenvalue weighted by molar-refractivity contribution is 6.38. The van der Waals surface area contributed by atoms with Crippen LogP contribution in [0.4, 0.5) is 13.6 Å². The summed E-state index contributed by atoms with van der Waals surface area (Å²) in [4.78, 5) is 65.2. The number of nitrogens with one attached hydrogen (secondary N) is 3. The van der Waals surface area contributed by atoms with Crippen molar-refractivity contribution in [3.63, 3.8) is 0 Å². The Morgan fingerprint density at radius 1 is 0.974 bits per heavy atom. The summed E-state index contributed by atoms with van der Waals surface area (Å²) < 4.78 is 27.3. The molecule has 1 aliphatic heterocycles. The van der Waals surface area contributed by atoms with E-state index in [9.17, 15) is 37.9 Å². The van der Waals surface area contributed by atoms with E-state index in [1.165, 1.54) is 4.90 Å². The number of carbonyl (C=O) groups is 5. The minimum absolute atomic E-state index is 0.0150. The average Bonchev–Trinajstić information content (AvgIpc) is 3.46. The van der Waals surface area contributed by atoms with E-state index < -0.39 is 71.9 Å². The Kier molecular flexibility index (Phi) is 9.03. The first-order valence-corrected chi connectivity index (χ1v) is 13.4. The van der Waals surface area contributed by atoms with Gasteiger partial charge in [-0.2, -0.15) is 0 Å². The number of rotatable bonds is 11. The number of ketones is 1. The van der Waals surface area contributed by atoms with Gasteiger partial charge in [-0.25, -0.2) is 13.6 Å². The molecule has 4 amide bonds. The zero-order valence-corrected chi connectivity index (χ0v) is 22.5. The molecule has 1 heterocycles. The lowest BCUT2D eigenvalue weighted by Gasteiger charge is -2.35. The van der Waals surface area contributed by atoms with Crippen molar-refractivity contribution < 1.29 is 37.9 Å². The number of hydrogen-bond donors (Lipinski definition) is 4. The van der Waals surface area contributed by atoms with E-state index >= 15 is 0 Å². The summed E-state index contributed by atoms with van der Waals surface area (Å²) in [6.45, 7) is 6.07. The van der Waals surface area contributed by atoms with Crippen LogP contribution in [0.1, 0.15) is 79.1 Å². The molecule has 3 rings (SSSR count). The zero-order valence-electron chi connectivity index (χ0n) is 22.5. The third-order valence-electron chi connectivity index (χ3n) is 7.76. The van der Waals surface area contributed by atoms with Gasteiger partial charge in [-0.05, 0) is 49.9 Å². The number of amides is 4. The molecule has 1 saturated heterocycles. The summed E-state index contributed by atoms with van der Waals surface area (Å²) >= 11 is 0. The van der Waals surface area contributed by atoms with Gasteiger partial charge < -0.3 is 26.0 Å². The normalized spacial score (nSPS) is 23.7. The van der Waals surface area contributed by atoms with E-state index in [0.29, 0.717) is 19.3 Å². The lowest BCUT2D eigenvalue weighted by Crippen LogP contribution is -2.59. The molecule has 10 nitrogen and oxygen atoms in total. The lowest BCUT2D eigenvalue weighted by molar-refractivity contribution is -0.144. The number of hydrogen-bond acceptors (Lipinski definition) is 5. The van der Waals surface area contributed by atoms with Gasteiger partial charge in [-0.15, -0.1) is 0 Å². The van der Waals surface area contributed by atoms with Gasteiger partial charge in [0.25, 0.3) is 5.91 Å². The first-order valence-electron chi connectivity index (χ1n) is 13.4. The van der Waals surface area contributed by atoms with Gasteiger partial charge >= 0.3 is 6.09 Å². The van der Waals surface area contributed by atoms with Gasteiger partial charge in [-0.1, -0.05) is 40.0 Å². The van der Waals surface area contributed by atoms with E-state index in [1.807, 2.05) is 0 Å². The van der Waals surface area contributed by atoms with Crippen LogP contribution in [0.25, 0.3) is 0 Å². The van der Waals surface area contributed by atoms with Crippen molar-refractivity contribution in [2.45, 2.75) is 109 Å². The van der Waals surface area contributed by atoms with Crippen molar-refractivity contribution in [1.82, 2.24) is 20.9 Å². The molecule has 1 unspecified atom stereocenters. The molecule has 3 aliphatic rings. The van der Waals surface area contributed by atoms with Crippen LogP contribution in [0.15, 0.2) is 0 Å². The van der Waals surface area contributed by atoms with E-state index in [1.54, 1.807) is 20.8 Å². The highest BCUT2D eigenvalue weighted by atomic mass is 19.3. The fraction of sp³-hybridized carbons (Fsp3) is 0.808. The summed E-state index contributed by atoms with van der Waals surface area (Å²) in [7, 11) is 0. The van der Waals surface area contributed by atoms with Crippen LogP contribution in [0, 0.1) is 17.3 Å². The molecule has 38 heavy (non-hydrogen) atoms. The van der Waals surface area contributed by atoms with Crippen LogP contribution in [0.2, 0.25) is 0 Å². The second kappa shape index (κ2) is 11.5. The largest absolute Gasteiger partial charge is 0.465 e. The van der Waals surface area contributed by atoms with Crippen molar-refractivity contribution in [2.24, 2.45) is 17.3 Å². The summed E-state index contributed by atoms with van der Waals surface area (Å²) in [6, 6.07) is -3.74. The molecule has 214 valence electrons. The van der Waals surface area contributed by atoms with Crippen molar-refractivity contribution in [3.8, 4) is 0 Å². The maximum atomic E-state index is 13.6. The molecule has 3 fully saturated rings. The van der Waals surface area contributed by atoms with E-state index in [4.69, 9.17) is 0 Å². The summed E-state index contributed by atoms with van der Waals surface area (Å²) in [5, 5.41) is 16.6. The average molecular weight is 543 g/mol. The predicted octanol–water partition coefficient (Wildman–Crippen LogP) is 2.45. The Balaban J connectivity index is 1.82. The predicted molar refractivity (Wildman–Crippen MR) is 133 cm³/mol. The monoisotopic (exact) mass is 542 g/mol. The smallest absolute Gasteiger partial charge is 0.405 e. The molecule has 0 radical (unpaired) electrons. The summed E-state index contributed by atoms with van der Waals surface area (Å²) in [5.41, 5.74) is -0.794. The molecular formula is C26H40F2N4O6. The van der Waals surface area contributed by atoms with Crippen molar-refractivity contribution in [1.29, 1.82) is 0 Å². The van der Waals surface area contributed by atoms with E-state index in [2.05, 4.69) is 16.0 Å². The molecule has 0 aromatic rings. The van der Waals surface area contributed by atoms with Gasteiger partial charge in [0.05, 0.1) is 6.04 Å². The molecule has 12 heteroatoms. The fourth-order valence-corrected chi connectivity index (χ4v) is 5.13. The maximum absolute atomic E-state index is 13.6. The third kappa shape index (κ3) is 7.86. The molecule has 0 spiro atoms. The van der Waals surface area contributed by atoms with Gasteiger partial charge in [0.2, 0.25) is 23.5 Å².